The van der Waals surface area contributed by atoms with Crippen LogP contribution in [0.2, 0.25) is 0 Å². The van der Waals surface area contributed by atoms with E-state index in [1.165, 1.54) is 11.3 Å². The fourth-order valence-electron chi connectivity index (χ4n) is 1.88. The number of Topliss-reactive ketones (excluding diaryl/α,β-unsaturated/α-hetero) is 1. The molecule has 0 saturated heterocycles. The summed E-state index contributed by atoms with van der Waals surface area (Å²) in [7, 11) is 0. The molecule has 2 rings (SSSR count). The lowest BCUT2D eigenvalue weighted by atomic mass is 9.96. The van der Waals surface area contributed by atoms with Gasteiger partial charge in [-0.1, -0.05) is 19.9 Å². The summed E-state index contributed by atoms with van der Waals surface area (Å²) in [4.78, 5) is 12.9. The van der Waals surface area contributed by atoms with Gasteiger partial charge in [-0.25, -0.2) is 0 Å². The molecule has 0 aliphatic heterocycles. The summed E-state index contributed by atoms with van der Waals surface area (Å²) in [5.74, 6) is -0.356. The molecule has 1 fully saturated rings. The first-order valence-corrected chi connectivity index (χ1v) is 5.91. The molecule has 15 heavy (non-hydrogen) atoms. The number of thiophene rings is 1. The molecule has 0 N–H and O–H groups in total. The minimum atomic E-state index is -0.545. The fraction of sp³-hybridized carbons (Fsp3) is 0.500. The SMILES string of the molecule is CC1(C)CC1C(=O)C(C#N)c1cccs1. The number of rotatable bonds is 3. The van der Waals surface area contributed by atoms with Gasteiger partial charge in [-0.05, 0) is 23.3 Å². The Hall–Kier alpha value is -1.14. The van der Waals surface area contributed by atoms with Crippen molar-refractivity contribution in [2.75, 3.05) is 0 Å². The maximum atomic E-state index is 12.0. The zero-order valence-corrected chi connectivity index (χ0v) is 9.67. The summed E-state index contributed by atoms with van der Waals surface area (Å²) in [5, 5.41) is 11.0. The van der Waals surface area contributed by atoms with Crippen LogP contribution in [0.3, 0.4) is 0 Å². The molecular weight excluding hydrogens is 206 g/mol. The summed E-state index contributed by atoms with van der Waals surface area (Å²) in [6, 6.07) is 5.88. The van der Waals surface area contributed by atoms with Gasteiger partial charge < -0.3 is 0 Å². The molecule has 78 valence electrons. The molecule has 2 unspecified atom stereocenters. The Morgan fingerprint density at radius 1 is 1.73 bits per heavy atom. The molecule has 2 nitrogen and oxygen atoms in total. The van der Waals surface area contributed by atoms with Gasteiger partial charge in [0.1, 0.15) is 5.92 Å². The highest BCUT2D eigenvalue weighted by atomic mass is 32.1. The van der Waals surface area contributed by atoms with Gasteiger partial charge in [-0.15, -0.1) is 11.3 Å². The van der Waals surface area contributed by atoms with Crippen molar-refractivity contribution in [3.8, 4) is 6.07 Å². The second-order valence-corrected chi connectivity index (χ2v) is 5.70. The van der Waals surface area contributed by atoms with Crippen LogP contribution in [0.15, 0.2) is 17.5 Å². The van der Waals surface area contributed by atoms with E-state index in [0.717, 1.165) is 11.3 Å². The van der Waals surface area contributed by atoms with Crippen molar-refractivity contribution in [1.29, 1.82) is 5.26 Å². The largest absolute Gasteiger partial charge is 0.297 e. The van der Waals surface area contributed by atoms with Crippen molar-refractivity contribution in [3.05, 3.63) is 22.4 Å². The molecule has 0 aromatic carbocycles. The average Bonchev–Trinajstić information content (AvgIpc) is 2.66. The first-order valence-electron chi connectivity index (χ1n) is 5.03. The van der Waals surface area contributed by atoms with E-state index in [2.05, 4.69) is 19.9 Å². The van der Waals surface area contributed by atoms with Crippen LogP contribution in [0.1, 0.15) is 31.1 Å². The summed E-state index contributed by atoms with van der Waals surface area (Å²) < 4.78 is 0. The predicted octanol–water partition coefficient (Wildman–Crippen LogP) is 2.97. The summed E-state index contributed by atoms with van der Waals surface area (Å²) in [6.07, 6.45) is 0.926. The molecule has 3 heteroatoms. The standard InChI is InChI=1S/C12H13NOS/c1-12(2)6-9(12)11(14)8(7-13)10-4-3-5-15-10/h3-5,8-9H,6H2,1-2H3. The molecular formula is C12H13NOS. The highest BCUT2D eigenvalue weighted by molar-refractivity contribution is 7.10. The minimum absolute atomic E-state index is 0.0873. The van der Waals surface area contributed by atoms with Crippen molar-refractivity contribution in [3.63, 3.8) is 0 Å². The maximum absolute atomic E-state index is 12.0. The van der Waals surface area contributed by atoms with E-state index in [-0.39, 0.29) is 17.1 Å². The molecule has 1 aromatic heterocycles. The van der Waals surface area contributed by atoms with Crippen molar-refractivity contribution >= 4 is 17.1 Å². The Balaban J connectivity index is 2.16. The molecule has 0 radical (unpaired) electrons. The molecule has 0 amide bonds. The smallest absolute Gasteiger partial charge is 0.158 e. The van der Waals surface area contributed by atoms with Crippen molar-refractivity contribution in [2.45, 2.75) is 26.2 Å². The van der Waals surface area contributed by atoms with Crippen LogP contribution in [0, 0.1) is 22.7 Å². The molecule has 1 saturated carbocycles. The van der Waals surface area contributed by atoms with Gasteiger partial charge in [-0.2, -0.15) is 5.26 Å². The highest BCUT2D eigenvalue weighted by Crippen LogP contribution is 2.53. The second-order valence-electron chi connectivity index (χ2n) is 4.73. The lowest BCUT2D eigenvalue weighted by Crippen LogP contribution is -2.14. The Labute approximate surface area is 93.5 Å². The topological polar surface area (TPSA) is 40.9 Å². The van der Waals surface area contributed by atoms with E-state index in [1.807, 2.05) is 17.5 Å². The van der Waals surface area contributed by atoms with Crippen molar-refractivity contribution in [1.82, 2.24) is 0 Å². The van der Waals surface area contributed by atoms with Gasteiger partial charge >= 0.3 is 0 Å². The predicted molar refractivity (Wildman–Crippen MR) is 59.6 cm³/mol. The summed E-state index contributed by atoms with van der Waals surface area (Å²) in [5.41, 5.74) is 0.115. The van der Waals surface area contributed by atoms with E-state index >= 15 is 0 Å². The van der Waals surface area contributed by atoms with Gasteiger partial charge in [0, 0.05) is 10.8 Å². The Morgan fingerprint density at radius 2 is 2.40 bits per heavy atom. The maximum Gasteiger partial charge on any atom is 0.158 e. The second kappa shape index (κ2) is 3.46. The molecule has 2 atom stereocenters. The number of carbonyl (C=O) groups is 1. The quantitative estimate of drug-likeness (QED) is 0.784. The van der Waals surface area contributed by atoms with E-state index in [4.69, 9.17) is 5.26 Å². The third-order valence-electron chi connectivity index (χ3n) is 3.10. The number of nitrogens with zero attached hydrogens (tertiary/aromatic N) is 1. The summed E-state index contributed by atoms with van der Waals surface area (Å²) >= 11 is 1.49. The van der Waals surface area contributed by atoms with Crippen LogP contribution in [0.5, 0.6) is 0 Å². The van der Waals surface area contributed by atoms with Crippen LogP contribution >= 0.6 is 11.3 Å². The summed E-state index contributed by atoms with van der Waals surface area (Å²) in [6.45, 7) is 4.16. The third kappa shape index (κ3) is 1.82. The monoisotopic (exact) mass is 219 g/mol. The Morgan fingerprint density at radius 3 is 2.80 bits per heavy atom. The van der Waals surface area contributed by atoms with Crippen molar-refractivity contribution < 1.29 is 4.79 Å². The van der Waals surface area contributed by atoms with Gasteiger partial charge in [-0.3, -0.25) is 4.79 Å². The van der Waals surface area contributed by atoms with Gasteiger partial charge in [0.05, 0.1) is 6.07 Å². The van der Waals surface area contributed by atoms with E-state index in [9.17, 15) is 4.79 Å². The van der Waals surface area contributed by atoms with Crippen LogP contribution < -0.4 is 0 Å². The normalized spacial score (nSPS) is 24.2. The molecule has 1 heterocycles. The molecule has 0 bridgehead atoms. The van der Waals surface area contributed by atoms with E-state index in [0.29, 0.717) is 0 Å². The van der Waals surface area contributed by atoms with Gasteiger partial charge in [0.2, 0.25) is 0 Å². The van der Waals surface area contributed by atoms with E-state index < -0.39 is 5.92 Å². The molecule has 0 spiro atoms. The van der Waals surface area contributed by atoms with Crippen LogP contribution in [-0.2, 0) is 4.79 Å². The van der Waals surface area contributed by atoms with Crippen LogP contribution in [-0.4, -0.2) is 5.78 Å². The Kier molecular flexibility index (Phi) is 2.40. The average molecular weight is 219 g/mol. The van der Waals surface area contributed by atoms with Gasteiger partial charge in [0.25, 0.3) is 0 Å². The number of ketones is 1. The molecule has 1 aliphatic rings. The first-order chi connectivity index (χ1) is 7.06. The van der Waals surface area contributed by atoms with Crippen LogP contribution in [0.4, 0.5) is 0 Å². The van der Waals surface area contributed by atoms with Gasteiger partial charge in [0.15, 0.2) is 5.78 Å². The number of hydrogen-bond donors (Lipinski definition) is 0. The first kappa shape index (κ1) is 10.4. The molecule has 1 aromatic rings. The third-order valence-corrected chi connectivity index (χ3v) is 4.04. The lowest BCUT2D eigenvalue weighted by Gasteiger charge is -2.07. The molecule has 1 aliphatic carbocycles. The fourth-order valence-corrected chi connectivity index (χ4v) is 2.65. The highest BCUT2D eigenvalue weighted by Gasteiger charge is 2.52. The lowest BCUT2D eigenvalue weighted by molar-refractivity contribution is -0.121. The van der Waals surface area contributed by atoms with Crippen molar-refractivity contribution in [2.24, 2.45) is 11.3 Å². The Bertz CT molecular complexity index is 413. The van der Waals surface area contributed by atoms with E-state index in [1.54, 1.807) is 0 Å². The van der Waals surface area contributed by atoms with Crippen LogP contribution in [0.25, 0.3) is 0 Å². The number of nitriles is 1. The number of carbonyl (C=O) groups excluding carboxylic acids is 1. The number of hydrogen-bond acceptors (Lipinski definition) is 3. The zero-order valence-electron chi connectivity index (χ0n) is 8.86. The minimum Gasteiger partial charge on any atom is -0.297 e. The zero-order chi connectivity index (χ0) is 11.1.